The van der Waals surface area contributed by atoms with Crippen LogP contribution in [0.3, 0.4) is 0 Å². The minimum absolute atomic E-state index is 0.129. The Bertz CT molecular complexity index is 988. The van der Waals surface area contributed by atoms with E-state index in [4.69, 9.17) is 10.00 Å². The molecular weight excluding hydrogens is 430 g/mol. The number of ether oxygens (including phenoxy) is 1. The molecule has 0 bridgehead atoms. The van der Waals surface area contributed by atoms with E-state index in [1.165, 1.54) is 19.3 Å². The quantitative estimate of drug-likeness (QED) is 0.671. The molecule has 2 heterocycles. The van der Waals surface area contributed by atoms with E-state index in [0.717, 1.165) is 62.2 Å². The van der Waals surface area contributed by atoms with E-state index in [1.54, 1.807) is 25.3 Å². The van der Waals surface area contributed by atoms with E-state index in [9.17, 15) is 9.59 Å². The Balaban J connectivity index is 0.000000248. The van der Waals surface area contributed by atoms with Crippen molar-refractivity contribution < 1.29 is 14.3 Å². The van der Waals surface area contributed by atoms with Gasteiger partial charge >= 0.3 is 0 Å². The van der Waals surface area contributed by atoms with Crippen LogP contribution in [0.4, 0.5) is 5.82 Å². The van der Waals surface area contributed by atoms with Gasteiger partial charge in [-0.2, -0.15) is 5.26 Å². The minimum atomic E-state index is -0.129. The molecule has 34 heavy (non-hydrogen) atoms. The lowest BCUT2D eigenvalue weighted by Crippen LogP contribution is -2.37. The van der Waals surface area contributed by atoms with Crippen LogP contribution in [0.2, 0.25) is 0 Å². The van der Waals surface area contributed by atoms with Crippen LogP contribution in [0.5, 0.6) is 5.75 Å². The van der Waals surface area contributed by atoms with E-state index < -0.39 is 0 Å². The van der Waals surface area contributed by atoms with Gasteiger partial charge in [-0.1, -0.05) is 19.3 Å². The van der Waals surface area contributed by atoms with Crippen LogP contribution in [0.1, 0.15) is 66.6 Å². The number of carbonyl (C=O) groups excluding carboxylic acids is 2. The normalized spacial score (nSPS) is 16.6. The maximum Gasteiger partial charge on any atom is 0.272 e. The van der Waals surface area contributed by atoms with Gasteiger partial charge in [-0.05, 0) is 68.5 Å². The van der Waals surface area contributed by atoms with Crippen molar-refractivity contribution in [1.82, 2.24) is 15.5 Å². The third-order valence-electron chi connectivity index (χ3n) is 6.43. The van der Waals surface area contributed by atoms with Gasteiger partial charge < -0.3 is 19.7 Å². The number of nitrogens with one attached hydrogen (secondary N) is 1. The van der Waals surface area contributed by atoms with Gasteiger partial charge in [-0.15, -0.1) is 10.2 Å². The van der Waals surface area contributed by atoms with Gasteiger partial charge in [0.25, 0.3) is 5.91 Å². The predicted octanol–water partition coefficient (Wildman–Crippen LogP) is 3.83. The number of carbonyl (C=O) groups is 2. The molecule has 8 nitrogen and oxygen atoms in total. The Kier molecular flexibility index (Phi) is 9.39. The molecule has 2 fully saturated rings. The number of aryl methyl sites for hydroxylation is 1. The fourth-order valence-electron chi connectivity index (χ4n) is 4.27. The number of amides is 1. The van der Waals surface area contributed by atoms with E-state index >= 15 is 0 Å². The zero-order chi connectivity index (χ0) is 24.3. The van der Waals surface area contributed by atoms with E-state index in [1.807, 2.05) is 19.1 Å². The third kappa shape index (κ3) is 7.01. The highest BCUT2D eigenvalue weighted by molar-refractivity contribution is 5.92. The van der Waals surface area contributed by atoms with Crippen molar-refractivity contribution in [2.45, 2.75) is 57.9 Å². The molecule has 1 saturated carbocycles. The van der Waals surface area contributed by atoms with E-state index in [0.29, 0.717) is 11.3 Å². The first kappa shape index (κ1) is 25.2. The van der Waals surface area contributed by atoms with Crippen LogP contribution in [0.15, 0.2) is 30.3 Å². The van der Waals surface area contributed by atoms with Gasteiger partial charge in [-0.25, -0.2) is 0 Å². The molecule has 4 rings (SSSR count). The molecule has 2 aliphatic rings. The van der Waals surface area contributed by atoms with Crippen LogP contribution >= 0.6 is 0 Å². The summed E-state index contributed by atoms with van der Waals surface area (Å²) in [7, 11) is 1.61. The van der Waals surface area contributed by atoms with Crippen LogP contribution in [0.25, 0.3) is 0 Å². The molecule has 1 aliphatic heterocycles. The molecule has 1 aliphatic carbocycles. The Hall–Kier alpha value is -3.47. The number of benzene rings is 1. The molecule has 2 aromatic rings. The summed E-state index contributed by atoms with van der Waals surface area (Å²) in [4.78, 5) is 25.1. The van der Waals surface area contributed by atoms with Crippen molar-refractivity contribution >= 4 is 18.0 Å². The molecule has 0 unspecified atom stereocenters. The van der Waals surface area contributed by atoms with Crippen molar-refractivity contribution in [2.75, 3.05) is 25.1 Å². The largest absolute Gasteiger partial charge is 0.497 e. The SMILES string of the molecule is COc1ccc(C#N)c(C)c1.O=CC1CCN(c2ccc(C(=O)NC3CCCCC3)nn2)CC1. The van der Waals surface area contributed by atoms with E-state index in [2.05, 4.69) is 26.5 Å². The molecule has 180 valence electrons. The van der Waals surface area contributed by atoms with Gasteiger partial charge in [0.15, 0.2) is 11.5 Å². The molecule has 8 heteroatoms. The molecule has 1 amide bonds. The Morgan fingerprint density at radius 2 is 1.85 bits per heavy atom. The van der Waals surface area contributed by atoms with Crippen molar-refractivity contribution in [3.63, 3.8) is 0 Å². The highest BCUT2D eigenvalue weighted by Gasteiger charge is 2.21. The Labute approximate surface area is 201 Å². The number of aromatic nitrogens is 2. The number of methoxy groups -OCH3 is 1. The highest BCUT2D eigenvalue weighted by Crippen LogP contribution is 2.21. The zero-order valence-corrected chi connectivity index (χ0v) is 20.0. The number of aldehydes is 1. The molecule has 1 saturated heterocycles. The van der Waals surface area contributed by atoms with Gasteiger partial charge in [-0.3, -0.25) is 4.79 Å². The fraction of sp³-hybridized carbons (Fsp3) is 0.500. The topological polar surface area (TPSA) is 108 Å². The second kappa shape index (κ2) is 12.7. The van der Waals surface area contributed by atoms with Gasteiger partial charge in [0.2, 0.25) is 0 Å². The van der Waals surface area contributed by atoms with E-state index in [-0.39, 0.29) is 17.9 Å². The second-order valence-electron chi connectivity index (χ2n) is 8.84. The number of hydrogen-bond donors (Lipinski definition) is 1. The van der Waals surface area contributed by atoms with Crippen LogP contribution in [-0.4, -0.2) is 48.6 Å². The Morgan fingerprint density at radius 3 is 2.41 bits per heavy atom. The van der Waals surface area contributed by atoms with Gasteiger partial charge in [0.05, 0.1) is 18.7 Å². The average molecular weight is 464 g/mol. The molecule has 0 spiro atoms. The first-order valence-corrected chi connectivity index (χ1v) is 11.9. The Morgan fingerprint density at radius 1 is 1.12 bits per heavy atom. The van der Waals surface area contributed by atoms with Crippen LogP contribution in [-0.2, 0) is 4.79 Å². The van der Waals surface area contributed by atoms with Crippen molar-refractivity contribution in [3.8, 4) is 11.8 Å². The second-order valence-corrected chi connectivity index (χ2v) is 8.84. The molecule has 1 aromatic heterocycles. The number of rotatable bonds is 5. The monoisotopic (exact) mass is 463 g/mol. The molecule has 0 radical (unpaired) electrons. The first-order chi connectivity index (χ1) is 16.5. The smallest absolute Gasteiger partial charge is 0.272 e. The lowest BCUT2D eigenvalue weighted by Gasteiger charge is -2.30. The summed E-state index contributed by atoms with van der Waals surface area (Å²) in [5.74, 6) is 1.61. The summed E-state index contributed by atoms with van der Waals surface area (Å²) >= 11 is 0. The van der Waals surface area contributed by atoms with Gasteiger partial charge in [0.1, 0.15) is 12.0 Å². The first-order valence-electron chi connectivity index (χ1n) is 11.9. The molecule has 1 N–H and O–H groups in total. The predicted molar refractivity (Wildman–Crippen MR) is 130 cm³/mol. The molecular formula is C26H33N5O3. The van der Waals surface area contributed by atoms with Gasteiger partial charge in [0, 0.05) is 25.0 Å². The standard InChI is InChI=1S/C17H24N4O2.C9H9NO/c22-12-13-8-10-21(11-9-13)16-7-6-15(19-20-16)17(23)18-14-4-2-1-3-5-14;1-7-5-9(11-2)4-3-8(7)6-10/h6-7,12-14H,1-5,8-11H2,(H,18,23);3-5H,1-2H3. The number of anilines is 1. The minimum Gasteiger partial charge on any atom is -0.497 e. The number of hydrogen-bond acceptors (Lipinski definition) is 7. The van der Waals surface area contributed by atoms with Crippen molar-refractivity contribution in [3.05, 3.63) is 47.2 Å². The maximum absolute atomic E-state index is 12.2. The summed E-state index contributed by atoms with van der Waals surface area (Å²) in [5.41, 5.74) is 2.03. The summed E-state index contributed by atoms with van der Waals surface area (Å²) < 4.78 is 4.99. The van der Waals surface area contributed by atoms with Crippen molar-refractivity contribution in [2.24, 2.45) is 5.92 Å². The number of nitrogens with zero attached hydrogens (tertiary/aromatic N) is 4. The number of nitriles is 1. The summed E-state index contributed by atoms with van der Waals surface area (Å²) in [6.07, 6.45) is 8.51. The molecule has 1 aromatic carbocycles. The lowest BCUT2D eigenvalue weighted by atomic mass is 9.95. The summed E-state index contributed by atoms with van der Waals surface area (Å²) in [6, 6.07) is 11.3. The van der Waals surface area contributed by atoms with Crippen LogP contribution < -0.4 is 15.0 Å². The maximum atomic E-state index is 12.2. The summed E-state index contributed by atoms with van der Waals surface area (Å²) in [5, 5.41) is 19.9. The third-order valence-corrected chi connectivity index (χ3v) is 6.43. The average Bonchev–Trinajstić information content (AvgIpc) is 2.89. The van der Waals surface area contributed by atoms with Crippen LogP contribution in [0, 0.1) is 24.2 Å². The fourth-order valence-corrected chi connectivity index (χ4v) is 4.27. The molecule has 0 atom stereocenters. The lowest BCUT2D eigenvalue weighted by molar-refractivity contribution is -0.111. The van der Waals surface area contributed by atoms with Crippen molar-refractivity contribution in [1.29, 1.82) is 5.26 Å². The summed E-state index contributed by atoms with van der Waals surface area (Å²) in [6.45, 7) is 3.51. The zero-order valence-electron chi connectivity index (χ0n) is 20.0. The number of piperidine rings is 1. The highest BCUT2D eigenvalue weighted by atomic mass is 16.5.